The topological polar surface area (TPSA) is 84.9 Å². The number of nitrogens with zero attached hydrogens (tertiary/aromatic N) is 1. The molecule has 2 aromatic carbocycles. The fourth-order valence-corrected chi connectivity index (χ4v) is 4.15. The summed E-state index contributed by atoms with van der Waals surface area (Å²) in [6.07, 6.45) is 3.69. The van der Waals surface area contributed by atoms with Crippen LogP contribution < -0.4 is 14.8 Å². The molecule has 1 saturated carbocycles. The number of hydrogen-bond acceptors (Lipinski definition) is 6. The Kier molecular flexibility index (Phi) is 6.50. The molecule has 1 heterocycles. The zero-order chi connectivity index (χ0) is 22.7. The maximum absolute atomic E-state index is 12.8. The first kappa shape index (κ1) is 22.0. The molecule has 1 saturated heterocycles. The van der Waals surface area contributed by atoms with Crippen LogP contribution in [0.4, 0.5) is 4.79 Å². The maximum Gasteiger partial charge on any atom is 0.293 e. The van der Waals surface area contributed by atoms with Gasteiger partial charge in [-0.15, -0.1) is 0 Å². The van der Waals surface area contributed by atoms with Gasteiger partial charge in [0.05, 0.1) is 18.6 Å². The van der Waals surface area contributed by atoms with Gasteiger partial charge in [0.15, 0.2) is 18.1 Å². The van der Waals surface area contributed by atoms with Crippen LogP contribution in [0.25, 0.3) is 6.08 Å². The van der Waals surface area contributed by atoms with Crippen molar-refractivity contribution in [3.05, 3.63) is 64.1 Å². The highest BCUT2D eigenvalue weighted by Crippen LogP contribution is 2.35. The lowest BCUT2D eigenvalue weighted by Crippen LogP contribution is -2.30. The summed E-state index contributed by atoms with van der Waals surface area (Å²) in [7, 11) is 1.51. The number of methoxy groups -OCH3 is 1. The van der Waals surface area contributed by atoms with Gasteiger partial charge in [-0.3, -0.25) is 19.3 Å². The van der Waals surface area contributed by atoms with Crippen LogP contribution in [0.1, 0.15) is 29.5 Å². The van der Waals surface area contributed by atoms with Gasteiger partial charge < -0.3 is 14.8 Å². The molecule has 0 spiro atoms. The summed E-state index contributed by atoms with van der Waals surface area (Å²) in [4.78, 5) is 38.7. The van der Waals surface area contributed by atoms with E-state index < -0.39 is 0 Å². The summed E-state index contributed by atoms with van der Waals surface area (Å²) >= 11 is 0.917. The Bertz CT molecular complexity index is 1090. The third kappa shape index (κ3) is 5.31. The van der Waals surface area contributed by atoms with Crippen LogP contribution in [-0.4, -0.2) is 41.7 Å². The van der Waals surface area contributed by atoms with Gasteiger partial charge in [-0.25, -0.2) is 0 Å². The van der Waals surface area contributed by atoms with Crippen molar-refractivity contribution in [1.82, 2.24) is 10.2 Å². The highest BCUT2D eigenvalue weighted by molar-refractivity contribution is 8.18. The molecule has 166 valence electrons. The molecule has 7 nitrogen and oxygen atoms in total. The number of aryl methyl sites for hydroxylation is 1. The number of benzene rings is 2. The second kappa shape index (κ2) is 9.48. The minimum absolute atomic E-state index is 0.0932. The van der Waals surface area contributed by atoms with E-state index in [2.05, 4.69) is 5.32 Å². The second-order valence-electron chi connectivity index (χ2n) is 7.80. The number of imide groups is 1. The van der Waals surface area contributed by atoms with Gasteiger partial charge in [0.2, 0.25) is 0 Å². The Morgan fingerprint density at radius 3 is 2.72 bits per heavy atom. The van der Waals surface area contributed by atoms with Gasteiger partial charge in [0.25, 0.3) is 17.1 Å². The molecule has 32 heavy (non-hydrogen) atoms. The molecule has 0 radical (unpaired) electrons. The molecule has 0 unspecified atom stereocenters. The zero-order valence-electron chi connectivity index (χ0n) is 17.9. The zero-order valence-corrected chi connectivity index (χ0v) is 18.7. The van der Waals surface area contributed by atoms with Gasteiger partial charge in [0, 0.05) is 6.04 Å². The van der Waals surface area contributed by atoms with Crippen LogP contribution in [0.3, 0.4) is 0 Å². The smallest absolute Gasteiger partial charge is 0.293 e. The fourth-order valence-electron chi connectivity index (χ4n) is 3.31. The van der Waals surface area contributed by atoms with Crippen molar-refractivity contribution < 1.29 is 23.9 Å². The van der Waals surface area contributed by atoms with Crippen LogP contribution >= 0.6 is 11.8 Å². The lowest BCUT2D eigenvalue weighted by atomic mass is 10.1. The second-order valence-corrected chi connectivity index (χ2v) is 8.79. The van der Waals surface area contributed by atoms with Crippen molar-refractivity contribution in [3.63, 3.8) is 0 Å². The molecule has 8 heteroatoms. The molecule has 2 aromatic rings. The van der Waals surface area contributed by atoms with Crippen molar-refractivity contribution >= 4 is 34.9 Å². The fraction of sp³-hybridized carbons (Fsp3) is 0.292. The highest BCUT2D eigenvalue weighted by atomic mass is 32.2. The molecule has 1 aliphatic heterocycles. The Labute approximate surface area is 190 Å². The molecule has 3 amide bonds. The number of rotatable bonds is 8. The Morgan fingerprint density at radius 2 is 2.00 bits per heavy atom. The summed E-state index contributed by atoms with van der Waals surface area (Å²) in [5.41, 5.74) is 2.67. The van der Waals surface area contributed by atoms with Gasteiger partial charge >= 0.3 is 0 Å². The molecule has 2 fully saturated rings. The molecule has 0 atom stereocenters. The number of thioether (sulfide) groups is 1. The van der Waals surface area contributed by atoms with E-state index in [1.807, 2.05) is 31.2 Å². The number of carbonyl (C=O) groups excluding carboxylic acids is 3. The largest absolute Gasteiger partial charge is 0.493 e. The standard InChI is InChI=1S/C24H24N2O5S/c1-15-4-3-5-17(10-15)13-26-23(28)21(32-24(26)29)12-16-6-9-19(20(11-16)30-2)31-14-22(27)25-18-7-8-18/h3-6,9-12,18H,7-8,13-14H2,1-2H3,(H,25,27)/b21-12-. The van der Waals surface area contributed by atoms with E-state index in [9.17, 15) is 14.4 Å². The molecule has 4 rings (SSSR count). The molecule has 1 aliphatic carbocycles. The summed E-state index contributed by atoms with van der Waals surface area (Å²) in [6.45, 7) is 2.12. The van der Waals surface area contributed by atoms with E-state index in [-0.39, 0.29) is 36.2 Å². The van der Waals surface area contributed by atoms with Gasteiger partial charge in [-0.2, -0.15) is 0 Å². The summed E-state index contributed by atoms with van der Waals surface area (Å²) in [6, 6.07) is 13.2. The maximum atomic E-state index is 12.8. The third-order valence-electron chi connectivity index (χ3n) is 5.08. The molecule has 0 aromatic heterocycles. The number of hydrogen-bond donors (Lipinski definition) is 1. The first-order valence-corrected chi connectivity index (χ1v) is 11.2. The van der Waals surface area contributed by atoms with E-state index in [4.69, 9.17) is 9.47 Å². The van der Waals surface area contributed by atoms with Crippen molar-refractivity contribution in [2.75, 3.05) is 13.7 Å². The number of carbonyl (C=O) groups is 3. The van der Waals surface area contributed by atoms with Gasteiger partial charge in [-0.1, -0.05) is 35.9 Å². The van der Waals surface area contributed by atoms with Crippen molar-refractivity contribution in [2.45, 2.75) is 32.4 Å². The molecule has 0 bridgehead atoms. The van der Waals surface area contributed by atoms with Crippen molar-refractivity contribution in [1.29, 1.82) is 0 Å². The van der Waals surface area contributed by atoms with Crippen LogP contribution in [0.5, 0.6) is 11.5 Å². The molecule has 2 aliphatic rings. The van der Waals surface area contributed by atoms with Crippen molar-refractivity contribution in [3.8, 4) is 11.5 Å². The summed E-state index contributed by atoms with van der Waals surface area (Å²) in [5, 5.41) is 2.57. The average Bonchev–Trinajstić information content (AvgIpc) is 3.55. The predicted molar refractivity (Wildman–Crippen MR) is 122 cm³/mol. The lowest BCUT2D eigenvalue weighted by Gasteiger charge is -2.13. The van der Waals surface area contributed by atoms with Crippen molar-refractivity contribution in [2.24, 2.45) is 0 Å². The number of amides is 3. The van der Waals surface area contributed by atoms with Gasteiger partial charge in [-0.05, 0) is 60.9 Å². The minimum Gasteiger partial charge on any atom is -0.493 e. The summed E-state index contributed by atoms with van der Waals surface area (Å²) < 4.78 is 11.0. The lowest BCUT2D eigenvalue weighted by molar-refractivity contribution is -0.124. The predicted octanol–water partition coefficient (Wildman–Crippen LogP) is 3.90. The first-order chi connectivity index (χ1) is 15.4. The first-order valence-electron chi connectivity index (χ1n) is 10.3. The minimum atomic E-state index is -0.322. The van der Waals surface area contributed by atoms with E-state index in [0.29, 0.717) is 22.0 Å². The van der Waals surface area contributed by atoms with Crippen LogP contribution in [0.15, 0.2) is 47.4 Å². The Balaban J connectivity index is 1.44. The normalized spacial score (nSPS) is 17.1. The Hall–Kier alpha value is -3.26. The molecular weight excluding hydrogens is 428 g/mol. The SMILES string of the molecule is COc1cc(/C=C2\SC(=O)N(Cc3cccc(C)c3)C2=O)ccc1OCC(=O)NC1CC1. The van der Waals surface area contributed by atoms with Gasteiger partial charge in [0.1, 0.15) is 0 Å². The molecule has 1 N–H and O–H groups in total. The Morgan fingerprint density at radius 1 is 1.19 bits per heavy atom. The number of nitrogens with one attached hydrogen (secondary N) is 1. The van der Waals surface area contributed by atoms with E-state index in [0.717, 1.165) is 35.7 Å². The van der Waals surface area contributed by atoms with E-state index >= 15 is 0 Å². The van der Waals surface area contributed by atoms with Crippen LogP contribution in [0.2, 0.25) is 0 Å². The van der Waals surface area contributed by atoms with E-state index in [1.54, 1.807) is 24.3 Å². The van der Waals surface area contributed by atoms with Crippen LogP contribution in [-0.2, 0) is 16.1 Å². The molecular formula is C24H24N2O5S. The number of ether oxygens (including phenoxy) is 2. The van der Waals surface area contributed by atoms with Crippen LogP contribution in [0, 0.1) is 6.92 Å². The third-order valence-corrected chi connectivity index (χ3v) is 5.99. The highest BCUT2D eigenvalue weighted by Gasteiger charge is 2.35. The average molecular weight is 453 g/mol. The summed E-state index contributed by atoms with van der Waals surface area (Å²) in [5.74, 6) is 0.388. The monoisotopic (exact) mass is 452 g/mol. The quantitative estimate of drug-likeness (QED) is 0.612. The van der Waals surface area contributed by atoms with E-state index in [1.165, 1.54) is 12.0 Å².